The molecule has 0 aromatic heterocycles. The fourth-order valence-corrected chi connectivity index (χ4v) is 8.11. The van der Waals surface area contributed by atoms with E-state index in [9.17, 15) is 29.4 Å². The van der Waals surface area contributed by atoms with Crippen LogP contribution < -0.4 is 31.7 Å². The minimum absolute atomic E-state index is 0.0251. The zero-order valence-electron chi connectivity index (χ0n) is 32.7. The van der Waals surface area contributed by atoms with Gasteiger partial charge in [-0.1, -0.05) is 47.5 Å². The topological polar surface area (TPSA) is 185 Å². The van der Waals surface area contributed by atoms with Crippen LogP contribution in [0, 0.1) is 0 Å². The normalized spacial score (nSPS) is 11.7. The first-order valence-electron chi connectivity index (χ1n) is 19.3. The molecule has 2 amide bonds. The second kappa shape index (κ2) is 16.8. The summed E-state index contributed by atoms with van der Waals surface area (Å²) in [4.78, 5) is 55.1. The second-order valence-corrected chi connectivity index (χ2v) is 15.0. The van der Waals surface area contributed by atoms with E-state index in [4.69, 9.17) is 32.0 Å². The molecule has 2 aliphatic heterocycles. The zero-order valence-corrected chi connectivity index (χ0v) is 34.3. The van der Waals surface area contributed by atoms with Crippen LogP contribution in [0.4, 0.5) is 5.69 Å². The van der Waals surface area contributed by atoms with Crippen molar-refractivity contribution >= 4 is 68.6 Å². The molecule has 2 aliphatic carbocycles. The van der Waals surface area contributed by atoms with Gasteiger partial charge in [-0.15, -0.1) is 0 Å². The first-order chi connectivity index (χ1) is 29.4. The molecule has 0 radical (unpaired) electrons. The Balaban J connectivity index is 1.05. The Morgan fingerprint density at radius 1 is 0.738 bits per heavy atom. The van der Waals surface area contributed by atoms with Crippen molar-refractivity contribution in [1.82, 2.24) is 10.6 Å². The summed E-state index contributed by atoms with van der Waals surface area (Å²) in [6.07, 6.45) is 0. The van der Waals surface area contributed by atoms with Gasteiger partial charge in [0.15, 0.2) is 5.43 Å². The van der Waals surface area contributed by atoms with E-state index in [0.29, 0.717) is 52.3 Å². The van der Waals surface area contributed by atoms with Gasteiger partial charge in [0.1, 0.15) is 35.0 Å². The molecule has 4 aliphatic rings. The molecule has 6 N–H and O–H groups in total. The molecule has 4 aromatic rings. The van der Waals surface area contributed by atoms with E-state index in [1.165, 1.54) is 24.3 Å². The van der Waals surface area contributed by atoms with Crippen LogP contribution in [0.2, 0.25) is 10.0 Å². The van der Waals surface area contributed by atoms with Gasteiger partial charge in [-0.05, 0) is 73.5 Å². The number of benzene rings is 6. The molecule has 2 heterocycles. The van der Waals surface area contributed by atoms with Gasteiger partial charge in [0.05, 0.1) is 33.8 Å². The summed E-state index contributed by atoms with van der Waals surface area (Å²) in [7, 11) is 0. The van der Waals surface area contributed by atoms with Gasteiger partial charge in [0.25, 0.3) is 5.91 Å². The molecule has 0 saturated carbocycles. The number of carboxylic acid groups (broad SMARTS) is 1. The Morgan fingerprint density at radius 3 is 2.16 bits per heavy atom. The van der Waals surface area contributed by atoms with Crippen LogP contribution >= 0.6 is 23.2 Å². The monoisotopic (exact) mass is 855 g/mol. The third-order valence-corrected chi connectivity index (χ3v) is 10.9. The summed E-state index contributed by atoms with van der Waals surface area (Å²) in [5.41, 5.74) is 5.11. The third kappa shape index (κ3) is 7.98. The number of rotatable bonds is 11. The van der Waals surface area contributed by atoms with E-state index in [0.717, 1.165) is 38.7 Å². The van der Waals surface area contributed by atoms with E-state index in [-0.39, 0.29) is 44.5 Å². The maximum atomic E-state index is 13.8. The molecule has 0 atom stereocenters. The van der Waals surface area contributed by atoms with E-state index < -0.39 is 24.3 Å². The second-order valence-electron chi connectivity index (χ2n) is 14.2. The van der Waals surface area contributed by atoms with Crippen LogP contribution in [-0.2, 0) is 11.3 Å². The molecule has 8 rings (SSSR count). The number of phenols is 1. The molecule has 0 spiro atoms. The summed E-state index contributed by atoms with van der Waals surface area (Å²) in [6, 6.07) is 28.9. The SMILES string of the molecule is CCNc1ccc2c(-c3c(Cl)c(C(=O)NCC(=O)NCc4ccc(-c5c6ccc(=O)cc-6oc6cc(O)ccc56)cc4)cc(Cl)c3C(=O)O)c3ccc(=[NH+]CC)cc-3oc2c1. The smallest absolute Gasteiger partial charge is 0.337 e. The Morgan fingerprint density at radius 2 is 1.43 bits per heavy atom. The summed E-state index contributed by atoms with van der Waals surface area (Å²) in [5.74, 6) is -1.74. The fraction of sp³-hybridized carbons (Fsp3) is 0.128. The third-order valence-electron chi connectivity index (χ3n) is 10.2. The summed E-state index contributed by atoms with van der Waals surface area (Å²) < 4.78 is 12.3. The quantitative estimate of drug-likeness (QED) is 0.0729. The number of aromatic carboxylic acids is 1. The van der Waals surface area contributed by atoms with Crippen molar-refractivity contribution in [2.24, 2.45) is 0 Å². The largest absolute Gasteiger partial charge is 0.508 e. The molecular weight excluding hydrogens is 819 g/mol. The number of aromatic hydroxyl groups is 1. The van der Waals surface area contributed by atoms with Crippen molar-refractivity contribution in [3.63, 3.8) is 0 Å². The van der Waals surface area contributed by atoms with Gasteiger partial charge in [0, 0.05) is 81.6 Å². The van der Waals surface area contributed by atoms with Crippen LogP contribution in [0.15, 0.2) is 117 Å². The molecule has 61 heavy (non-hydrogen) atoms. The van der Waals surface area contributed by atoms with Crippen LogP contribution in [0.1, 0.15) is 40.1 Å². The lowest BCUT2D eigenvalue weighted by molar-refractivity contribution is -0.496. The van der Waals surface area contributed by atoms with Gasteiger partial charge in [-0.3, -0.25) is 14.4 Å². The van der Waals surface area contributed by atoms with Gasteiger partial charge in [-0.25, -0.2) is 9.79 Å². The molecule has 0 unspecified atom stereocenters. The molecule has 14 heteroatoms. The van der Waals surface area contributed by atoms with E-state index in [2.05, 4.69) is 20.9 Å². The highest BCUT2D eigenvalue weighted by molar-refractivity contribution is 6.41. The number of nitrogens with one attached hydrogen (secondary N) is 4. The summed E-state index contributed by atoms with van der Waals surface area (Å²) in [6.45, 7) is 4.96. The van der Waals surface area contributed by atoms with Crippen molar-refractivity contribution in [3.8, 4) is 50.7 Å². The highest BCUT2D eigenvalue weighted by atomic mass is 35.5. The van der Waals surface area contributed by atoms with Crippen LogP contribution in [0.25, 0.3) is 66.8 Å². The number of hydrogen-bond acceptors (Lipinski definition) is 8. The van der Waals surface area contributed by atoms with E-state index in [1.807, 2.05) is 62.4 Å². The first kappa shape index (κ1) is 40.6. The summed E-state index contributed by atoms with van der Waals surface area (Å²) in [5, 5.41) is 30.9. The van der Waals surface area contributed by atoms with Crippen molar-refractivity contribution < 1.29 is 38.4 Å². The maximum absolute atomic E-state index is 13.8. The standard InChI is InChI=1S/C47H36Cl2N4O8/c1-3-50-26-9-13-32-36(17-26)60-37-18-27(51-4-2)10-14-33(37)42(32)44-43(47(58)59)35(48)21-34(45(44)49)46(57)53-23-40(56)52-22-24-5-7-25(8-6-24)41-30-15-11-28(54)19-38(30)61-39-20-29(55)12-16-31(39)41/h5-21,50,54H,3-4,22-23H2,1-2H3,(H,52,56)(H,53,57)(H,58,59)/p+1. The average Bonchev–Trinajstić information content (AvgIpc) is 3.24. The molecule has 0 bridgehead atoms. The fourth-order valence-electron chi connectivity index (χ4n) is 7.50. The minimum Gasteiger partial charge on any atom is -0.508 e. The van der Waals surface area contributed by atoms with Crippen molar-refractivity contribution in [2.75, 3.05) is 25.0 Å². The molecule has 4 aromatic carbocycles. The lowest BCUT2D eigenvalue weighted by Gasteiger charge is -2.20. The van der Waals surface area contributed by atoms with Gasteiger partial charge in [0.2, 0.25) is 11.3 Å². The van der Waals surface area contributed by atoms with Crippen LogP contribution in [-0.4, -0.2) is 47.6 Å². The average molecular weight is 857 g/mol. The van der Waals surface area contributed by atoms with Crippen molar-refractivity contribution in [3.05, 3.63) is 145 Å². The number of hydrogen-bond donors (Lipinski definition) is 6. The van der Waals surface area contributed by atoms with Crippen molar-refractivity contribution in [1.29, 1.82) is 0 Å². The number of amides is 2. The van der Waals surface area contributed by atoms with E-state index >= 15 is 0 Å². The number of phenolic OH excluding ortho intramolecular Hbond substituents is 1. The molecule has 0 fully saturated rings. The number of carbonyl (C=O) groups excluding carboxylic acids is 2. The van der Waals surface area contributed by atoms with Gasteiger partial charge in [-0.2, -0.15) is 0 Å². The number of carbonyl (C=O) groups is 3. The van der Waals surface area contributed by atoms with Crippen LogP contribution in [0.5, 0.6) is 5.75 Å². The van der Waals surface area contributed by atoms with Crippen LogP contribution in [0.3, 0.4) is 0 Å². The lowest BCUT2D eigenvalue weighted by Crippen LogP contribution is -2.75. The highest BCUT2D eigenvalue weighted by Crippen LogP contribution is 2.47. The Bertz CT molecular complexity index is 3120. The van der Waals surface area contributed by atoms with Crippen molar-refractivity contribution in [2.45, 2.75) is 20.4 Å². The molecule has 12 nitrogen and oxygen atoms in total. The Kier molecular flexibility index (Phi) is 11.2. The number of carboxylic acids is 1. The summed E-state index contributed by atoms with van der Waals surface area (Å²) >= 11 is 13.7. The number of fused-ring (bicyclic) bond motifs is 4. The predicted molar refractivity (Wildman–Crippen MR) is 234 cm³/mol. The van der Waals surface area contributed by atoms with Gasteiger partial charge >= 0.3 is 5.97 Å². The number of anilines is 1. The zero-order chi connectivity index (χ0) is 42.9. The molecule has 0 saturated heterocycles. The number of halogens is 2. The maximum Gasteiger partial charge on any atom is 0.337 e. The Hall–Kier alpha value is -7.15. The minimum atomic E-state index is -1.35. The lowest BCUT2D eigenvalue weighted by atomic mass is 9.89. The van der Waals surface area contributed by atoms with E-state index in [1.54, 1.807) is 30.3 Å². The first-order valence-corrected chi connectivity index (χ1v) is 20.1. The predicted octanol–water partition coefficient (Wildman–Crippen LogP) is 7.27. The highest BCUT2D eigenvalue weighted by Gasteiger charge is 2.30. The molecular formula is C47H37Cl2N4O8+. The molecule has 306 valence electrons. The Labute approximate surface area is 357 Å². The van der Waals surface area contributed by atoms with Gasteiger partial charge < -0.3 is 35.0 Å².